The first kappa shape index (κ1) is 16.3. The van der Waals surface area contributed by atoms with Crippen LogP contribution in [-0.4, -0.2) is 41.2 Å². The van der Waals surface area contributed by atoms with Crippen molar-refractivity contribution in [3.05, 3.63) is 35.5 Å². The number of amides is 1. The predicted octanol–water partition coefficient (Wildman–Crippen LogP) is 1.99. The summed E-state index contributed by atoms with van der Waals surface area (Å²) in [5, 5.41) is 3.76. The zero-order valence-corrected chi connectivity index (χ0v) is 14.1. The molecule has 2 heterocycles. The molecule has 24 heavy (non-hydrogen) atoms. The minimum absolute atomic E-state index is 0.0295. The summed E-state index contributed by atoms with van der Waals surface area (Å²) in [5.41, 5.74) is 0.989. The zero-order chi connectivity index (χ0) is 17.1. The number of para-hydroxylation sites is 1. The fourth-order valence-electron chi connectivity index (χ4n) is 2.88. The van der Waals surface area contributed by atoms with Crippen molar-refractivity contribution in [3.63, 3.8) is 0 Å². The summed E-state index contributed by atoms with van der Waals surface area (Å²) in [5.74, 6) is 2.25. The highest BCUT2D eigenvalue weighted by Gasteiger charge is 2.31. The molecule has 1 aliphatic rings. The van der Waals surface area contributed by atoms with Crippen LogP contribution in [0.4, 0.5) is 0 Å². The second kappa shape index (κ2) is 6.90. The topological polar surface area (TPSA) is 77.7 Å². The molecule has 1 aliphatic heterocycles. The van der Waals surface area contributed by atoms with E-state index in [-0.39, 0.29) is 11.8 Å². The monoisotopic (exact) mass is 331 g/mol. The number of nitrogens with zero attached hydrogens (tertiary/aromatic N) is 3. The Labute approximate surface area is 140 Å². The fraction of sp³-hybridized carbons (Fsp3) is 0.471. The van der Waals surface area contributed by atoms with Crippen molar-refractivity contribution in [2.45, 2.75) is 26.8 Å². The van der Waals surface area contributed by atoms with Gasteiger partial charge in [-0.1, -0.05) is 17.3 Å². The van der Waals surface area contributed by atoms with Crippen LogP contribution in [0, 0.1) is 12.8 Å². The van der Waals surface area contributed by atoms with Crippen LogP contribution in [0.2, 0.25) is 0 Å². The summed E-state index contributed by atoms with van der Waals surface area (Å²) in [6.07, 6.45) is 0.630. The molecule has 3 rings (SSSR count). The quantitative estimate of drug-likeness (QED) is 0.834. The third-order valence-electron chi connectivity index (χ3n) is 4.11. The Balaban J connectivity index is 1.72. The second-order valence-electron chi connectivity index (χ2n) is 5.75. The highest BCUT2D eigenvalue weighted by Crippen LogP contribution is 2.36. The van der Waals surface area contributed by atoms with Gasteiger partial charge in [0, 0.05) is 6.54 Å². The van der Waals surface area contributed by atoms with Gasteiger partial charge in [-0.15, -0.1) is 0 Å². The van der Waals surface area contributed by atoms with E-state index in [0.29, 0.717) is 43.6 Å². The number of ether oxygens (including phenoxy) is 2. The van der Waals surface area contributed by atoms with Crippen LogP contribution in [0.1, 0.15) is 24.2 Å². The highest BCUT2D eigenvalue weighted by molar-refractivity contribution is 5.79. The molecular weight excluding hydrogens is 310 g/mol. The number of rotatable bonds is 5. The molecule has 1 atom stereocenters. The van der Waals surface area contributed by atoms with Crippen molar-refractivity contribution >= 4 is 5.91 Å². The second-order valence-corrected chi connectivity index (χ2v) is 5.75. The number of aryl methyl sites for hydroxylation is 1. The lowest BCUT2D eigenvalue weighted by molar-refractivity contribution is -0.137. The van der Waals surface area contributed by atoms with E-state index in [4.69, 9.17) is 14.0 Å². The van der Waals surface area contributed by atoms with Gasteiger partial charge in [-0.2, -0.15) is 4.98 Å². The summed E-state index contributed by atoms with van der Waals surface area (Å²) in [6, 6.07) is 5.73. The Hall–Kier alpha value is -2.57. The molecule has 7 heteroatoms. The van der Waals surface area contributed by atoms with Crippen molar-refractivity contribution < 1.29 is 18.8 Å². The van der Waals surface area contributed by atoms with Crippen molar-refractivity contribution in [1.29, 1.82) is 0 Å². The number of hydrogen-bond donors (Lipinski definition) is 0. The average molecular weight is 331 g/mol. The molecule has 2 aromatic rings. The fourth-order valence-corrected chi connectivity index (χ4v) is 2.88. The molecule has 1 aromatic carbocycles. The largest absolute Gasteiger partial charge is 0.493 e. The first-order valence-corrected chi connectivity index (χ1v) is 7.99. The van der Waals surface area contributed by atoms with Crippen molar-refractivity contribution in [1.82, 2.24) is 15.0 Å². The van der Waals surface area contributed by atoms with Gasteiger partial charge in [0.1, 0.15) is 6.61 Å². The molecule has 0 N–H and O–H groups in total. The summed E-state index contributed by atoms with van der Waals surface area (Å²) >= 11 is 0. The van der Waals surface area contributed by atoms with E-state index in [0.717, 1.165) is 11.3 Å². The van der Waals surface area contributed by atoms with Crippen LogP contribution in [0.25, 0.3) is 0 Å². The van der Waals surface area contributed by atoms with E-state index < -0.39 is 0 Å². The standard InChI is InChI=1S/C17H21N3O4/c1-4-20(9-15-18-11(2)19-24-15)17(21)13-8-12-6-5-7-14(22-3)16(12)23-10-13/h5-7,13H,4,8-10H2,1-3H3. The van der Waals surface area contributed by atoms with Crippen LogP contribution in [0.5, 0.6) is 11.5 Å². The van der Waals surface area contributed by atoms with Gasteiger partial charge in [0.15, 0.2) is 17.3 Å². The van der Waals surface area contributed by atoms with Gasteiger partial charge in [-0.3, -0.25) is 4.79 Å². The Kier molecular flexibility index (Phi) is 4.69. The normalized spacial score (nSPS) is 16.2. The number of aromatic nitrogens is 2. The van der Waals surface area contributed by atoms with Crippen molar-refractivity contribution in [3.8, 4) is 11.5 Å². The number of benzene rings is 1. The molecule has 1 aromatic heterocycles. The van der Waals surface area contributed by atoms with Gasteiger partial charge in [0.25, 0.3) is 0 Å². The zero-order valence-electron chi connectivity index (χ0n) is 14.1. The van der Waals surface area contributed by atoms with Gasteiger partial charge in [0.05, 0.1) is 19.6 Å². The van der Waals surface area contributed by atoms with E-state index in [1.54, 1.807) is 18.9 Å². The molecule has 0 bridgehead atoms. The Morgan fingerprint density at radius 2 is 2.29 bits per heavy atom. The maximum atomic E-state index is 12.8. The lowest BCUT2D eigenvalue weighted by Crippen LogP contribution is -2.40. The van der Waals surface area contributed by atoms with Gasteiger partial charge in [0.2, 0.25) is 11.8 Å². The maximum absolute atomic E-state index is 12.8. The molecular formula is C17H21N3O4. The van der Waals surface area contributed by atoms with Crippen molar-refractivity contribution in [2.75, 3.05) is 20.3 Å². The summed E-state index contributed by atoms with van der Waals surface area (Å²) in [6.45, 7) is 4.91. The maximum Gasteiger partial charge on any atom is 0.246 e. The van der Waals surface area contributed by atoms with Crippen molar-refractivity contribution in [2.24, 2.45) is 5.92 Å². The minimum Gasteiger partial charge on any atom is -0.493 e. The molecule has 0 radical (unpaired) electrons. The van der Waals surface area contributed by atoms with E-state index in [9.17, 15) is 4.79 Å². The third kappa shape index (κ3) is 3.20. The molecule has 7 nitrogen and oxygen atoms in total. The average Bonchev–Trinajstić information content (AvgIpc) is 3.03. The van der Waals surface area contributed by atoms with Crippen LogP contribution < -0.4 is 9.47 Å². The SMILES string of the molecule is CCN(Cc1nc(C)no1)C(=O)C1COc2c(cccc2OC)C1. The lowest BCUT2D eigenvalue weighted by Gasteiger charge is -2.29. The third-order valence-corrected chi connectivity index (χ3v) is 4.11. The van der Waals surface area contributed by atoms with Gasteiger partial charge in [-0.25, -0.2) is 0 Å². The van der Waals surface area contributed by atoms with Crippen LogP contribution in [0.3, 0.4) is 0 Å². The first-order valence-electron chi connectivity index (χ1n) is 7.99. The molecule has 0 spiro atoms. The molecule has 1 unspecified atom stereocenters. The van der Waals surface area contributed by atoms with Gasteiger partial charge < -0.3 is 18.9 Å². The number of carbonyl (C=O) groups excluding carboxylic acids is 1. The number of carbonyl (C=O) groups is 1. The van der Waals surface area contributed by atoms with Gasteiger partial charge in [-0.05, 0) is 31.9 Å². The molecule has 0 saturated heterocycles. The Morgan fingerprint density at radius 3 is 2.96 bits per heavy atom. The number of hydrogen-bond acceptors (Lipinski definition) is 6. The highest BCUT2D eigenvalue weighted by atomic mass is 16.5. The molecule has 0 saturated carbocycles. The summed E-state index contributed by atoms with van der Waals surface area (Å²) in [4.78, 5) is 18.7. The van der Waals surface area contributed by atoms with E-state index >= 15 is 0 Å². The van der Waals surface area contributed by atoms with Crippen LogP contribution in [-0.2, 0) is 17.8 Å². The summed E-state index contributed by atoms with van der Waals surface area (Å²) in [7, 11) is 1.61. The molecule has 0 aliphatic carbocycles. The van der Waals surface area contributed by atoms with E-state index in [2.05, 4.69) is 10.1 Å². The minimum atomic E-state index is -0.228. The number of methoxy groups -OCH3 is 1. The van der Waals surface area contributed by atoms with E-state index in [1.807, 2.05) is 25.1 Å². The molecule has 0 fully saturated rings. The molecule has 1 amide bonds. The Bertz CT molecular complexity index is 728. The first-order chi connectivity index (χ1) is 11.6. The molecule has 128 valence electrons. The van der Waals surface area contributed by atoms with Gasteiger partial charge >= 0.3 is 0 Å². The summed E-state index contributed by atoms with van der Waals surface area (Å²) < 4.78 is 16.2. The lowest BCUT2D eigenvalue weighted by atomic mass is 9.95. The van der Waals surface area contributed by atoms with Crippen LogP contribution in [0.15, 0.2) is 22.7 Å². The smallest absolute Gasteiger partial charge is 0.246 e. The van der Waals surface area contributed by atoms with Crippen LogP contribution >= 0.6 is 0 Å². The van der Waals surface area contributed by atoms with E-state index in [1.165, 1.54) is 0 Å². The Morgan fingerprint density at radius 1 is 1.46 bits per heavy atom. The number of fused-ring (bicyclic) bond motifs is 1. The predicted molar refractivity (Wildman–Crippen MR) is 85.8 cm³/mol.